The smallest absolute Gasteiger partial charge is 0.268 e. The molecule has 156 valence electrons. The van der Waals surface area contributed by atoms with Crippen LogP contribution in [-0.4, -0.2) is 15.8 Å². The molecule has 0 atom stereocenters. The number of halogens is 1. The summed E-state index contributed by atoms with van der Waals surface area (Å²) in [7, 11) is 0. The minimum absolute atomic E-state index is 0.0762. The zero-order valence-corrected chi connectivity index (χ0v) is 17.9. The minimum Gasteiger partial charge on any atom is -0.268 e. The van der Waals surface area contributed by atoms with E-state index in [-0.39, 0.29) is 11.4 Å². The van der Waals surface area contributed by atoms with Crippen LogP contribution in [0.15, 0.2) is 58.4 Å². The number of fused-ring (bicyclic) bond motifs is 3. The van der Waals surface area contributed by atoms with Crippen molar-refractivity contribution < 1.29 is 4.39 Å². The average Bonchev–Trinajstić information content (AvgIpc) is 3.15. The molecule has 1 aliphatic carbocycles. The molecule has 31 heavy (non-hydrogen) atoms. The Balaban J connectivity index is 1.63. The first-order valence-corrected chi connectivity index (χ1v) is 11.1. The van der Waals surface area contributed by atoms with Crippen LogP contribution in [0, 0.1) is 12.7 Å². The second kappa shape index (κ2) is 8.07. The van der Waals surface area contributed by atoms with Crippen molar-refractivity contribution in [2.24, 2.45) is 5.10 Å². The summed E-state index contributed by atoms with van der Waals surface area (Å²) in [6, 6.07) is 13.8. The molecule has 2 aromatic carbocycles. The van der Waals surface area contributed by atoms with E-state index in [4.69, 9.17) is 4.98 Å². The lowest BCUT2D eigenvalue weighted by Crippen LogP contribution is -2.23. The standard InChI is InChI=1S/C24H21FN4OS/c1-15-6-12-18(13-7-15)29-23(30)21-19-4-2-3-5-20(19)31-22(21)27-24(29)28-26-14-16-8-10-17(25)11-9-16/h6-14H,2-5H2,1H3,(H,27,28)/b26-14+. The molecule has 2 heterocycles. The molecule has 7 heteroatoms. The van der Waals surface area contributed by atoms with Crippen LogP contribution in [0.3, 0.4) is 0 Å². The van der Waals surface area contributed by atoms with Gasteiger partial charge in [-0.15, -0.1) is 11.3 Å². The monoisotopic (exact) mass is 432 g/mol. The number of nitrogens with zero attached hydrogens (tertiary/aromatic N) is 3. The number of nitrogens with one attached hydrogen (secondary N) is 1. The van der Waals surface area contributed by atoms with Crippen LogP contribution >= 0.6 is 11.3 Å². The maximum atomic E-state index is 13.6. The van der Waals surface area contributed by atoms with E-state index in [9.17, 15) is 9.18 Å². The van der Waals surface area contributed by atoms with Crippen molar-refractivity contribution in [1.82, 2.24) is 9.55 Å². The summed E-state index contributed by atoms with van der Waals surface area (Å²) in [6.45, 7) is 2.01. The van der Waals surface area contributed by atoms with E-state index < -0.39 is 0 Å². The first-order chi connectivity index (χ1) is 15.1. The third-order valence-corrected chi connectivity index (χ3v) is 6.71. The summed E-state index contributed by atoms with van der Waals surface area (Å²) >= 11 is 1.61. The Bertz CT molecular complexity index is 1340. The fourth-order valence-electron chi connectivity index (χ4n) is 3.93. The molecule has 0 radical (unpaired) electrons. The first-order valence-electron chi connectivity index (χ1n) is 10.3. The Morgan fingerprint density at radius 2 is 1.84 bits per heavy atom. The highest BCUT2D eigenvalue weighted by molar-refractivity contribution is 7.18. The number of aryl methyl sites for hydroxylation is 3. The molecule has 0 bridgehead atoms. The highest BCUT2D eigenvalue weighted by atomic mass is 32.1. The lowest BCUT2D eigenvalue weighted by atomic mass is 9.97. The Labute approximate surface area is 182 Å². The van der Waals surface area contributed by atoms with Gasteiger partial charge in [-0.1, -0.05) is 29.8 Å². The number of hydrazone groups is 1. The van der Waals surface area contributed by atoms with Crippen LogP contribution in [0.4, 0.5) is 10.3 Å². The summed E-state index contributed by atoms with van der Waals surface area (Å²) in [4.78, 5) is 20.4. The fraction of sp³-hybridized carbons (Fsp3) is 0.208. The van der Waals surface area contributed by atoms with Gasteiger partial charge in [0.2, 0.25) is 5.95 Å². The largest absolute Gasteiger partial charge is 0.268 e. The van der Waals surface area contributed by atoms with E-state index in [1.807, 2.05) is 31.2 Å². The number of rotatable bonds is 4. The highest BCUT2D eigenvalue weighted by Crippen LogP contribution is 2.34. The van der Waals surface area contributed by atoms with Crippen molar-refractivity contribution >= 4 is 33.7 Å². The van der Waals surface area contributed by atoms with E-state index in [2.05, 4.69) is 10.5 Å². The molecule has 4 aromatic rings. The van der Waals surface area contributed by atoms with Crippen LogP contribution < -0.4 is 11.0 Å². The number of hydrogen-bond donors (Lipinski definition) is 1. The molecule has 0 amide bonds. The second-order valence-electron chi connectivity index (χ2n) is 7.72. The molecule has 0 unspecified atom stereocenters. The Hall–Kier alpha value is -3.32. The van der Waals surface area contributed by atoms with Crippen molar-refractivity contribution in [2.75, 3.05) is 5.43 Å². The van der Waals surface area contributed by atoms with Crippen LogP contribution in [0.1, 0.15) is 34.4 Å². The third kappa shape index (κ3) is 3.77. The van der Waals surface area contributed by atoms with Crippen molar-refractivity contribution in [1.29, 1.82) is 0 Å². The molecule has 1 aliphatic rings. The summed E-state index contributed by atoms with van der Waals surface area (Å²) in [5.74, 6) is 0.0606. The number of aromatic nitrogens is 2. The number of thiophene rings is 1. The lowest BCUT2D eigenvalue weighted by molar-refractivity contribution is 0.628. The van der Waals surface area contributed by atoms with Gasteiger partial charge in [0.1, 0.15) is 10.6 Å². The Morgan fingerprint density at radius 3 is 2.61 bits per heavy atom. The van der Waals surface area contributed by atoms with Gasteiger partial charge in [0, 0.05) is 4.88 Å². The third-order valence-electron chi connectivity index (χ3n) is 5.53. The molecule has 1 N–H and O–H groups in total. The molecule has 5 nitrogen and oxygen atoms in total. The lowest BCUT2D eigenvalue weighted by Gasteiger charge is -2.13. The van der Waals surface area contributed by atoms with E-state index in [0.29, 0.717) is 5.95 Å². The molecule has 5 rings (SSSR count). The van der Waals surface area contributed by atoms with Crippen LogP contribution in [0.25, 0.3) is 15.9 Å². The Morgan fingerprint density at radius 1 is 1.10 bits per heavy atom. The van der Waals surface area contributed by atoms with Gasteiger partial charge in [0.15, 0.2) is 0 Å². The van der Waals surface area contributed by atoms with Gasteiger partial charge in [0.25, 0.3) is 5.56 Å². The Kier molecular flexibility index (Phi) is 5.11. The zero-order valence-electron chi connectivity index (χ0n) is 17.1. The number of benzene rings is 2. The second-order valence-corrected chi connectivity index (χ2v) is 8.81. The molecule has 2 aromatic heterocycles. The maximum absolute atomic E-state index is 13.6. The first kappa shape index (κ1) is 19.6. The zero-order chi connectivity index (χ0) is 21.4. The van der Waals surface area contributed by atoms with E-state index in [0.717, 1.165) is 58.3 Å². The van der Waals surface area contributed by atoms with Crippen LogP contribution in [0.2, 0.25) is 0 Å². The SMILES string of the molecule is Cc1ccc(-n2c(N/N=C/c3ccc(F)cc3)nc3sc4c(c3c2=O)CCCC4)cc1. The average molecular weight is 433 g/mol. The summed E-state index contributed by atoms with van der Waals surface area (Å²) in [6.07, 6.45) is 5.76. The maximum Gasteiger partial charge on any atom is 0.268 e. The van der Waals surface area contributed by atoms with Crippen molar-refractivity contribution in [3.63, 3.8) is 0 Å². The normalized spacial score (nSPS) is 13.6. The molecular formula is C24H21FN4OS. The minimum atomic E-state index is -0.299. The fourth-order valence-corrected chi connectivity index (χ4v) is 5.18. The quantitative estimate of drug-likeness (QED) is 0.355. The van der Waals surface area contributed by atoms with E-state index >= 15 is 0 Å². The summed E-state index contributed by atoms with van der Waals surface area (Å²) in [5.41, 5.74) is 6.61. The van der Waals surface area contributed by atoms with Gasteiger partial charge in [-0.2, -0.15) is 5.10 Å². The van der Waals surface area contributed by atoms with Gasteiger partial charge >= 0.3 is 0 Å². The van der Waals surface area contributed by atoms with Crippen molar-refractivity contribution in [2.45, 2.75) is 32.6 Å². The van der Waals surface area contributed by atoms with Gasteiger partial charge < -0.3 is 0 Å². The van der Waals surface area contributed by atoms with Gasteiger partial charge in [0.05, 0.1) is 17.3 Å². The van der Waals surface area contributed by atoms with Crippen LogP contribution in [0.5, 0.6) is 0 Å². The molecule has 0 fully saturated rings. The number of hydrogen-bond acceptors (Lipinski definition) is 5. The van der Waals surface area contributed by atoms with E-state index in [1.54, 1.807) is 34.3 Å². The molecular weight excluding hydrogens is 411 g/mol. The van der Waals surface area contributed by atoms with Gasteiger partial charge in [-0.3, -0.25) is 4.79 Å². The highest BCUT2D eigenvalue weighted by Gasteiger charge is 2.22. The number of anilines is 1. The molecule has 0 saturated heterocycles. The van der Waals surface area contributed by atoms with E-state index in [1.165, 1.54) is 17.0 Å². The van der Waals surface area contributed by atoms with Crippen molar-refractivity contribution in [3.05, 3.63) is 86.3 Å². The summed E-state index contributed by atoms with van der Waals surface area (Å²) in [5, 5.41) is 4.99. The van der Waals surface area contributed by atoms with Crippen LogP contribution in [-0.2, 0) is 12.8 Å². The molecule has 0 aliphatic heterocycles. The molecule has 0 spiro atoms. The molecule has 0 saturated carbocycles. The van der Waals surface area contributed by atoms with Crippen molar-refractivity contribution in [3.8, 4) is 5.69 Å². The predicted molar refractivity (Wildman–Crippen MR) is 124 cm³/mol. The topological polar surface area (TPSA) is 59.3 Å². The van der Waals surface area contributed by atoms with Gasteiger partial charge in [-0.25, -0.2) is 19.4 Å². The summed E-state index contributed by atoms with van der Waals surface area (Å²) < 4.78 is 14.7. The van der Waals surface area contributed by atoms with Gasteiger partial charge in [-0.05, 0) is 68.0 Å². The predicted octanol–water partition coefficient (Wildman–Crippen LogP) is 5.22.